The maximum atomic E-state index is 12.3. The van der Waals surface area contributed by atoms with Crippen molar-refractivity contribution in [2.45, 2.75) is 37.5 Å². The molecule has 0 atom stereocenters. The van der Waals surface area contributed by atoms with Crippen LogP contribution in [0.1, 0.15) is 48.9 Å². The monoisotopic (exact) mass is 999 g/mol. The van der Waals surface area contributed by atoms with Gasteiger partial charge in [0.25, 0.3) is 0 Å². The average Bonchev–Trinajstić information content (AvgIpc) is 4.36. The van der Waals surface area contributed by atoms with Gasteiger partial charge in [0.1, 0.15) is 11.5 Å². The van der Waals surface area contributed by atoms with Crippen molar-refractivity contribution >= 4 is 73.7 Å². The van der Waals surface area contributed by atoms with E-state index in [9.17, 15) is 4.79 Å². The summed E-state index contributed by atoms with van der Waals surface area (Å²) in [5.74, 6) is 4.21. The first-order valence-corrected chi connectivity index (χ1v) is 24.8. The summed E-state index contributed by atoms with van der Waals surface area (Å²) in [6.45, 7) is 6.96. The molecule has 4 aromatic heterocycles. The molecule has 2 fully saturated rings. The van der Waals surface area contributed by atoms with Crippen molar-refractivity contribution in [1.29, 1.82) is 0 Å². The standard InChI is InChI=1S/C29H34N8O2.C26H32N8O/c1-6-27(38)31-21-17-22(25(39-5)18-24(21)36(4)16-15-35(2)3)32-29-30-14-13-26(33-29)37-23-10-8-7-9-20(23)28(34-37)19-11-12-19;1-32(2)13-14-33(3)22-16-23(35-4)20(15-19(22)27)29-26-28-12-11-24(30-26)34-21-8-6-5-7-18(21)25(31-34)17-9-10-17/h6-10,13-14,17-19H,1,11-12,15-16H2,2-5H3,(H,31,38)(H,30,32,33);5-8,11-12,15-17H,9-10,13-14,27H2,1-4H3,(H,28,29,30). The molecular formula is C55H66N16O3. The zero-order valence-electron chi connectivity index (χ0n) is 43.5. The molecule has 4 heterocycles. The van der Waals surface area contributed by atoms with Crippen molar-refractivity contribution in [1.82, 2.24) is 49.3 Å². The molecule has 2 saturated carbocycles. The predicted molar refractivity (Wildman–Crippen MR) is 297 cm³/mol. The SMILES string of the molecule is C=CC(=O)Nc1cc(Nc2nccc(-n3nc(C4CC4)c4ccccc43)n2)c(OC)cc1N(C)CCN(C)C.COc1cc(N(C)CCN(C)C)c(N)cc1Nc1nccc(-n2nc(C3CC3)c3ccccc32)n1. The first kappa shape index (κ1) is 50.6. The highest BCUT2D eigenvalue weighted by atomic mass is 16.5. The smallest absolute Gasteiger partial charge is 0.247 e. The van der Waals surface area contributed by atoms with E-state index in [1.54, 1.807) is 26.6 Å². The van der Waals surface area contributed by atoms with Crippen LogP contribution < -0.4 is 41.0 Å². The van der Waals surface area contributed by atoms with Crippen LogP contribution in [-0.2, 0) is 4.79 Å². The molecule has 74 heavy (non-hydrogen) atoms. The number of likely N-dealkylation sites (N-methyl/N-ethyl adjacent to an activating group) is 4. The fourth-order valence-electron chi connectivity index (χ4n) is 8.70. The number of rotatable bonds is 20. The van der Waals surface area contributed by atoms with Crippen molar-refractivity contribution in [3.63, 3.8) is 0 Å². The number of nitrogens with two attached hydrogens (primary N) is 1. The summed E-state index contributed by atoms with van der Waals surface area (Å²) in [6.07, 6.45) is 9.41. The van der Waals surface area contributed by atoms with Crippen LogP contribution in [-0.4, -0.2) is 138 Å². The van der Waals surface area contributed by atoms with Gasteiger partial charge in [0, 0.05) is 99.5 Å². The third-order valence-corrected chi connectivity index (χ3v) is 13.1. The van der Waals surface area contributed by atoms with Gasteiger partial charge in [-0.2, -0.15) is 20.2 Å². The molecule has 384 valence electrons. The number of benzene rings is 4. The number of aromatic nitrogens is 8. The van der Waals surface area contributed by atoms with E-state index in [0.29, 0.717) is 69.6 Å². The number of ether oxygens (including phenoxy) is 2. The maximum absolute atomic E-state index is 12.3. The molecule has 2 aliphatic rings. The lowest BCUT2D eigenvalue weighted by Crippen LogP contribution is -2.29. The Labute approximate surface area is 432 Å². The van der Waals surface area contributed by atoms with Gasteiger partial charge in [-0.05, 0) is 84.2 Å². The molecule has 0 unspecified atom stereocenters. The van der Waals surface area contributed by atoms with Gasteiger partial charge in [-0.25, -0.2) is 19.3 Å². The largest absolute Gasteiger partial charge is 0.494 e. The quantitative estimate of drug-likeness (QED) is 0.0418. The van der Waals surface area contributed by atoms with E-state index < -0.39 is 0 Å². The van der Waals surface area contributed by atoms with Crippen LogP contribution in [0.3, 0.4) is 0 Å². The van der Waals surface area contributed by atoms with Crippen molar-refractivity contribution in [2.24, 2.45) is 0 Å². The van der Waals surface area contributed by atoms with Crippen molar-refractivity contribution in [3.05, 3.63) is 121 Å². The number of anilines is 8. The Morgan fingerprint density at radius 1 is 0.649 bits per heavy atom. The summed E-state index contributed by atoms with van der Waals surface area (Å²) in [7, 11) is 15.4. The summed E-state index contributed by atoms with van der Waals surface area (Å²) < 4.78 is 15.2. The highest BCUT2D eigenvalue weighted by Crippen LogP contribution is 2.44. The Balaban J connectivity index is 0.000000183. The summed E-state index contributed by atoms with van der Waals surface area (Å²) in [5, 5.41) is 21.7. The summed E-state index contributed by atoms with van der Waals surface area (Å²) in [4.78, 5) is 39.1. The highest BCUT2D eigenvalue weighted by Gasteiger charge is 2.31. The van der Waals surface area contributed by atoms with E-state index in [0.717, 1.165) is 65.4 Å². The van der Waals surface area contributed by atoms with Gasteiger partial charge >= 0.3 is 0 Å². The lowest BCUT2D eigenvalue weighted by molar-refractivity contribution is -0.111. The second-order valence-electron chi connectivity index (χ2n) is 19.2. The summed E-state index contributed by atoms with van der Waals surface area (Å²) in [6, 6.07) is 27.8. The Hall–Kier alpha value is -8.29. The van der Waals surface area contributed by atoms with Crippen LogP contribution >= 0.6 is 0 Å². The number of para-hydroxylation sites is 2. The fraction of sp³-hybridized carbons (Fsp3) is 0.327. The summed E-state index contributed by atoms with van der Waals surface area (Å²) >= 11 is 0. The number of hydrogen-bond acceptors (Lipinski definition) is 16. The number of nitrogens with one attached hydrogen (secondary N) is 3. The van der Waals surface area contributed by atoms with E-state index in [1.165, 1.54) is 37.1 Å². The number of nitrogens with zero attached hydrogens (tertiary/aromatic N) is 12. The third kappa shape index (κ3) is 11.5. The first-order chi connectivity index (χ1) is 35.8. The van der Waals surface area contributed by atoms with E-state index in [2.05, 4.69) is 96.5 Å². The third-order valence-electron chi connectivity index (χ3n) is 13.1. The van der Waals surface area contributed by atoms with Gasteiger partial charge in [-0.15, -0.1) is 0 Å². The van der Waals surface area contributed by atoms with Gasteiger partial charge in [0.15, 0.2) is 11.6 Å². The van der Waals surface area contributed by atoms with E-state index in [-0.39, 0.29) is 5.91 Å². The number of hydrogen-bond donors (Lipinski definition) is 4. The van der Waals surface area contributed by atoms with Crippen LogP contribution in [0.4, 0.5) is 46.0 Å². The number of carbonyl (C=O) groups is 1. The summed E-state index contributed by atoms with van der Waals surface area (Å²) in [5.41, 5.74) is 15.1. The highest BCUT2D eigenvalue weighted by molar-refractivity contribution is 6.02. The Kier molecular flexibility index (Phi) is 15.2. The van der Waals surface area contributed by atoms with Gasteiger partial charge < -0.3 is 50.8 Å². The molecule has 4 aromatic carbocycles. The maximum Gasteiger partial charge on any atom is 0.247 e. The zero-order valence-corrected chi connectivity index (χ0v) is 43.5. The Morgan fingerprint density at radius 2 is 1.11 bits per heavy atom. The molecule has 10 rings (SSSR count). The fourth-order valence-corrected chi connectivity index (χ4v) is 8.70. The number of nitrogen functional groups attached to an aromatic ring is 1. The van der Waals surface area contributed by atoms with Gasteiger partial charge in [-0.1, -0.05) is 43.0 Å². The Bertz CT molecular complexity index is 3290. The minimum atomic E-state index is -0.302. The molecule has 8 aromatic rings. The normalized spacial score (nSPS) is 13.2. The molecule has 19 heteroatoms. The van der Waals surface area contributed by atoms with Crippen molar-refractivity contribution in [3.8, 4) is 23.1 Å². The number of amides is 1. The topological polar surface area (TPSA) is 198 Å². The molecule has 0 bridgehead atoms. The Morgan fingerprint density at radius 3 is 1.57 bits per heavy atom. The number of fused-ring (bicyclic) bond motifs is 2. The second kappa shape index (κ2) is 22.2. The van der Waals surface area contributed by atoms with Gasteiger partial charge in [-0.3, -0.25) is 4.79 Å². The average molecular weight is 999 g/mol. The molecule has 0 aliphatic heterocycles. The van der Waals surface area contributed by atoms with Gasteiger partial charge in [0.2, 0.25) is 17.8 Å². The zero-order chi connectivity index (χ0) is 52.0. The molecular weight excluding hydrogens is 933 g/mol. The molecule has 5 N–H and O–H groups in total. The van der Waals surface area contributed by atoms with E-state index >= 15 is 0 Å². The minimum Gasteiger partial charge on any atom is -0.494 e. The lowest BCUT2D eigenvalue weighted by Gasteiger charge is -2.26. The van der Waals surface area contributed by atoms with Crippen LogP contribution in [0.2, 0.25) is 0 Å². The van der Waals surface area contributed by atoms with E-state index in [4.69, 9.17) is 35.4 Å². The lowest BCUT2D eigenvalue weighted by atomic mass is 10.1. The molecule has 1 amide bonds. The van der Waals surface area contributed by atoms with Crippen LogP contribution in [0.5, 0.6) is 11.5 Å². The van der Waals surface area contributed by atoms with Crippen LogP contribution in [0, 0.1) is 0 Å². The van der Waals surface area contributed by atoms with Crippen molar-refractivity contribution in [2.75, 3.05) is 114 Å². The second-order valence-corrected chi connectivity index (χ2v) is 19.2. The molecule has 19 nitrogen and oxygen atoms in total. The number of carbonyl (C=O) groups excluding carboxylic acids is 1. The minimum absolute atomic E-state index is 0.302. The number of methoxy groups -OCH3 is 2. The molecule has 2 aliphatic carbocycles. The first-order valence-electron chi connectivity index (χ1n) is 24.8. The van der Waals surface area contributed by atoms with Gasteiger partial charge in [0.05, 0.1) is 70.8 Å². The van der Waals surface area contributed by atoms with Crippen molar-refractivity contribution < 1.29 is 14.3 Å². The molecule has 0 spiro atoms. The van der Waals surface area contributed by atoms with Crippen LogP contribution in [0.25, 0.3) is 33.4 Å². The predicted octanol–water partition coefficient (Wildman–Crippen LogP) is 8.59. The molecule has 0 saturated heterocycles. The molecule has 0 radical (unpaired) electrons. The van der Waals surface area contributed by atoms with Crippen LogP contribution in [0.15, 0.2) is 110 Å². The van der Waals surface area contributed by atoms with E-state index in [1.807, 2.05) is 92.2 Å².